The number of phenols is 1. The molecule has 0 amide bonds. The van der Waals surface area contributed by atoms with E-state index in [0.29, 0.717) is 11.7 Å². The summed E-state index contributed by atoms with van der Waals surface area (Å²) in [7, 11) is 0. The van der Waals surface area contributed by atoms with Crippen molar-refractivity contribution < 1.29 is 10.2 Å². The van der Waals surface area contributed by atoms with Gasteiger partial charge in [-0.1, -0.05) is 18.6 Å². The van der Waals surface area contributed by atoms with Crippen molar-refractivity contribution in [3.05, 3.63) is 34.9 Å². The van der Waals surface area contributed by atoms with E-state index in [-0.39, 0.29) is 11.5 Å². The third-order valence-corrected chi connectivity index (χ3v) is 6.09. The molecule has 3 aliphatic rings. The van der Waals surface area contributed by atoms with Crippen LogP contribution in [0.25, 0.3) is 5.57 Å². The first-order valence-corrected chi connectivity index (χ1v) is 7.82. The number of aliphatic hydroxyl groups is 1. The van der Waals surface area contributed by atoms with Gasteiger partial charge in [0.2, 0.25) is 0 Å². The molecule has 3 aliphatic carbocycles. The summed E-state index contributed by atoms with van der Waals surface area (Å²) in [6.45, 7) is 2.28. The molecule has 0 heterocycles. The zero-order chi connectivity index (χ0) is 13.9. The first kappa shape index (κ1) is 12.5. The molecule has 0 bridgehead atoms. The third kappa shape index (κ3) is 1.54. The summed E-state index contributed by atoms with van der Waals surface area (Å²) >= 11 is 0. The predicted molar refractivity (Wildman–Crippen MR) is 79.4 cm³/mol. The Hall–Kier alpha value is -1.28. The van der Waals surface area contributed by atoms with Crippen LogP contribution in [0.1, 0.15) is 50.2 Å². The first-order valence-electron chi connectivity index (χ1n) is 7.82. The fraction of sp³-hybridized carbons (Fsp3) is 0.556. The Balaban J connectivity index is 1.83. The number of rotatable bonds is 0. The lowest BCUT2D eigenvalue weighted by Crippen LogP contribution is -2.37. The van der Waals surface area contributed by atoms with Crippen LogP contribution in [0.3, 0.4) is 0 Å². The Kier molecular flexibility index (Phi) is 2.56. The summed E-state index contributed by atoms with van der Waals surface area (Å²) < 4.78 is 0. The van der Waals surface area contributed by atoms with E-state index in [1.807, 2.05) is 12.1 Å². The lowest BCUT2D eigenvalue weighted by molar-refractivity contribution is 0.0379. The van der Waals surface area contributed by atoms with Gasteiger partial charge in [-0.25, -0.2) is 0 Å². The van der Waals surface area contributed by atoms with E-state index in [4.69, 9.17) is 0 Å². The molecule has 2 N–H and O–H groups in total. The Bertz CT molecular complexity index is 601. The lowest BCUT2D eigenvalue weighted by Gasteiger charge is -2.43. The molecule has 1 aromatic rings. The van der Waals surface area contributed by atoms with Crippen LogP contribution < -0.4 is 0 Å². The van der Waals surface area contributed by atoms with E-state index in [1.165, 1.54) is 16.7 Å². The molecule has 4 rings (SSSR count). The maximum atomic E-state index is 10.3. The second kappa shape index (κ2) is 4.11. The van der Waals surface area contributed by atoms with Gasteiger partial charge in [-0.2, -0.15) is 0 Å². The van der Waals surface area contributed by atoms with Crippen molar-refractivity contribution in [1.82, 2.24) is 0 Å². The second-order valence-electron chi connectivity index (χ2n) is 7.00. The minimum Gasteiger partial charge on any atom is -0.508 e. The van der Waals surface area contributed by atoms with Crippen molar-refractivity contribution >= 4 is 5.57 Å². The van der Waals surface area contributed by atoms with Gasteiger partial charge in [0.25, 0.3) is 0 Å². The molecule has 0 aliphatic heterocycles. The maximum absolute atomic E-state index is 10.3. The Labute approximate surface area is 120 Å². The van der Waals surface area contributed by atoms with E-state index in [2.05, 4.69) is 13.0 Å². The van der Waals surface area contributed by atoms with E-state index < -0.39 is 0 Å². The van der Waals surface area contributed by atoms with Crippen molar-refractivity contribution in [2.24, 2.45) is 11.3 Å². The van der Waals surface area contributed by atoms with Crippen LogP contribution in [0.2, 0.25) is 0 Å². The molecule has 1 aromatic carbocycles. The molecule has 0 spiro atoms. The number of aromatic hydroxyl groups is 1. The van der Waals surface area contributed by atoms with Crippen molar-refractivity contribution in [3.63, 3.8) is 0 Å². The van der Waals surface area contributed by atoms with Crippen LogP contribution in [0.5, 0.6) is 5.75 Å². The van der Waals surface area contributed by atoms with Gasteiger partial charge in [0.05, 0.1) is 6.10 Å². The molecular weight excluding hydrogens is 248 g/mol. The summed E-state index contributed by atoms with van der Waals surface area (Å²) in [5.74, 6) is 0.952. The minimum absolute atomic E-state index is 0.104. The number of hydrogen-bond donors (Lipinski definition) is 2. The van der Waals surface area contributed by atoms with E-state index in [0.717, 1.165) is 38.5 Å². The summed E-state index contributed by atoms with van der Waals surface area (Å²) in [6.07, 6.45) is 6.30. The normalized spacial score (nSPS) is 35.5. The molecule has 0 radical (unpaired) electrons. The topological polar surface area (TPSA) is 40.5 Å². The zero-order valence-electron chi connectivity index (χ0n) is 12.0. The van der Waals surface area contributed by atoms with Gasteiger partial charge < -0.3 is 10.2 Å². The largest absolute Gasteiger partial charge is 0.508 e. The molecule has 20 heavy (non-hydrogen) atoms. The minimum atomic E-state index is -0.122. The fourth-order valence-electron chi connectivity index (χ4n) is 4.88. The number of fused-ring (bicyclic) bond motifs is 4. The number of phenolic OH excluding ortho intramolecular Hbond substituents is 1. The summed E-state index contributed by atoms with van der Waals surface area (Å²) in [6, 6.07) is 5.83. The SMILES string of the molecule is C[C@@]12CCC3=C(CCc4cc(O)ccc43)[C@H]1CC[C@@H]2O. The number of aliphatic hydroxyl groups excluding tert-OH is 1. The van der Waals surface area contributed by atoms with Gasteiger partial charge in [0.15, 0.2) is 0 Å². The van der Waals surface area contributed by atoms with Crippen LogP contribution in [0.4, 0.5) is 0 Å². The highest BCUT2D eigenvalue weighted by molar-refractivity contribution is 5.75. The van der Waals surface area contributed by atoms with Crippen molar-refractivity contribution in [1.29, 1.82) is 0 Å². The highest BCUT2D eigenvalue weighted by Gasteiger charge is 2.50. The first-order chi connectivity index (χ1) is 9.59. The van der Waals surface area contributed by atoms with Crippen LogP contribution in [0, 0.1) is 11.3 Å². The summed E-state index contributed by atoms with van der Waals surface area (Å²) in [5.41, 5.74) is 5.88. The van der Waals surface area contributed by atoms with Gasteiger partial charge in [0, 0.05) is 5.41 Å². The number of benzene rings is 1. The molecular formula is C18H22O2. The highest BCUT2D eigenvalue weighted by Crippen LogP contribution is 2.58. The van der Waals surface area contributed by atoms with Gasteiger partial charge in [-0.3, -0.25) is 0 Å². The van der Waals surface area contributed by atoms with Crippen LogP contribution in [-0.4, -0.2) is 16.3 Å². The fourth-order valence-corrected chi connectivity index (χ4v) is 4.88. The summed E-state index contributed by atoms with van der Waals surface area (Å²) in [5, 5.41) is 20.0. The van der Waals surface area contributed by atoms with Gasteiger partial charge in [0.1, 0.15) is 5.75 Å². The molecule has 1 saturated carbocycles. The van der Waals surface area contributed by atoms with E-state index in [9.17, 15) is 10.2 Å². The maximum Gasteiger partial charge on any atom is 0.115 e. The number of aryl methyl sites for hydroxylation is 1. The Morgan fingerprint density at radius 3 is 2.85 bits per heavy atom. The third-order valence-electron chi connectivity index (χ3n) is 6.09. The van der Waals surface area contributed by atoms with Crippen molar-refractivity contribution in [2.45, 2.75) is 51.6 Å². The van der Waals surface area contributed by atoms with E-state index in [1.54, 1.807) is 5.57 Å². The molecule has 106 valence electrons. The molecule has 0 unspecified atom stereocenters. The Morgan fingerprint density at radius 1 is 1.15 bits per heavy atom. The van der Waals surface area contributed by atoms with Gasteiger partial charge in [-0.15, -0.1) is 0 Å². The lowest BCUT2D eigenvalue weighted by atomic mass is 9.62. The standard InChI is InChI=1S/C18H22O2/c1-18-9-8-14-13-5-3-12(19)10-11(13)2-4-15(14)16(18)6-7-17(18)20/h3,5,10,16-17,19-20H,2,4,6-9H2,1H3/t16-,17+,18-/m1/s1. The van der Waals surface area contributed by atoms with Crippen LogP contribution >= 0.6 is 0 Å². The van der Waals surface area contributed by atoms with Crippen molar-refractivity contribution in [3.8, 4) is 5.75 Å². The average Bonchev–Trinajstić information content (AvgIpc) is 2.74. The summed E-state index contributed by atoms with van der Waals surface area (Å²) in [4.78, 5) is 0. The van der Waals surface area contributed by atoms with E-state index >= 15 is 0 Å². The quantitative estimate of drug-likeness (QED) is 0.755. The molecule has 2 nitrogen and oxygen atoms in total. The van der Waals surface area contributed by atoms with Crippen LogP contribution in [-0.2, 0) is 6.42 Å². The second-order valence-corrected chi connectivity index (χ2v) is 7.00. The van der Waals surface area contributed by atoms with Gasteiger partial charge >= 0.3 is 0 Å². The van der Waals surface area contributed by atoms with Crippen molar-refractivity contribution in [2.75, 3.05) is 0 Å². The molecule has 3 atom stereocenters. The van der Waals surface area contributed by atoms with Crippen LogP contribution in [0.15, 0.2) is 23.8 Å². The predicted octanol–water partition coefficient (Wildman–Crippen LogP) is 3.66. The number of allylic oxidation sites excluding steroid dienone is 2. The monoisotopic (exact) mass is 270 g/mol. The van der Waals surface area contributed by atoms with Gasteiger partial charge in [-0.05, 0) is 73.3 Å². The molecule has 2 heteroatoms. The zero-order valence-corrected chi connectivity index (χ0v) is 12.0. The number of hydrogen-bond acceptors (Lipinski definition) is 2. The smallest absolute Gasteiger partial charge is 0.115 e. The molecule has 1 fully saturated rings. The highest BCUT2D eigenvalue weighted by atomic mass is 16.3. The Morgan fingerprint density at radius 2 is 2.00 bits per heavy atom. The molecule has 0 saturated heterocycles. The molecule has 0 aromatic heterocycles. The average molecular weight is 270 g/mol.